The standard InChI is InChI=1S/C14H9F6N5S/c15-13(16,17)7-1-2-8(14(18,19)20)6(3-7)5-26-9-4-10(21)22-12-11(9)23-25-24-12/h1-4H,5H2,(H3,21,22,23,24,25). The van der Waals surface area contributed by atoms with Gasteiger partial charge in [-0.25, -0.2) is 4.98 Å². The fourth-order valence-corrected chi connectivity index (χ4v) is 3.28. The molecule has 2 heterocycles. The topological polar surface area (TPSA) is 80.5 Å². The molecule has 3 N–H and O–H groups in total. The summed E-state index contributed by atoms with van der Waals surface area (Å²) in [5.41, 5.74) is 3.25. The molecule has 0 bridgehead atoms. The second kappa shape index (κ2) is 6.34. The molecule has 0 saturated carbocycles. The molecule has 0 radical (unpaired) electrons. The highest BCUT2D eigenvalue weighted by Gasteiger charge is 2.36. The van der Waals surface area contributed by atoms with E-state index < -0.39 is 29.0 Å². The number of aromatic nitrogens is 4. The minimum Gasteiger partial charge on any atom is -0.384 e. The summed E-state index contributed by atoms with van der Waals surface area (Å²) in [5, 5.41) is 9.86. The summed E-state index contributed by atoms with van der Waals surface area (Å²) in [5.74, 6) is -0.307. The molecule has 0 saturated heterocycles. The number of halogens is 6. The van der Waals surface area contributed by atoms with Crippen molar-refractivity contribution in [1.82, 2.24) is 20.4 Å². The predicted molar refractivity (Wildman–Crippen MR) is 82.1 cm³/mol. The Hall–Kier alpha value is -2.50. The highest BCUT2D eigenvalue weighted by atomic mass is 32.2. The lowest BCUT2D eigenvalue weighted by Crippen LogP contribution is -2.12. The number of nitrogens with zero attached hydrogens (tertiary/aromatic N) is 3. The molecule has 3 rings (SSSR count). The van der Waals surface area contributed by atoms with Gasteiger partial charge in [-0.1, -0.05) is 0 Å². The van der Waals surface area contributed by atoms with Gasteiger partial charge in [0.25, 0.3) is 0 Å². The number of nitrogens with one attached hydrogen (secondary N) is 1. The van der Waals surface area contributed by atoms with Crippen molar-refractivity contribution in [2.24, 2.45) is 0 Å². The number of aromatic amines is 1. The lowest BCUT2D eigenvalue weighted by atomic mass is 10.0. The molecule has 5 nitrogen and oxygen atoms in total. The Labute approximate surface area is 146 Å². The molecule has 0 amide bonds. The van der Waals surface area contributed by atoms with E-state index in [1.54, 1.807) is 0 Å². The van der Waals surface area contributed by atoms with Crippen LogP contribution in [-0.2, 0) is 18.1 Å². The van der Waals surface area contributed by atoms with Gasteiger partial charge in [-0.15, -0.1) is 16.9 Å². The lowest BCUT2D eigenvalue weighted by Gasteiger charge is -2.15. The van der Waals surface area contributed by atoms with Crippen LogP contribution in [0.1, 0.15) is 16.7 Å². The van der Waals surface area contributed by atoms with Gasteiger partial charge in [0.15, 0.2) is 0 Å². The number of alkyl halides is 6. The van der Waals surface area contributed by atoms with Gasteiger partial charge >= 0.3 is 12.4 Å². The summed E-state index contributed by atoms with van der Waals surface area (Å²) in [7, 11) is 0. The number of fused-ring (bicyclic) bond motifs is 1. The molecule has 3 aromatic rings. The minimum absolute atomic E-state index is 0.0639. The van der Waals surface area contributed by atoms with Crippen LogP contribution in [-0.4, -0.2) is 20.4 Å². The van der Waals surface area contributed by atoms with Crippen molar-refractivity contribution >= 4 is 28.7 Å². The minimum atomic E-state index is -4.78. The smallest absolute Gasteiger partial charge is 0.384 e. The summed E-state index contributed by atoms with van der Waals surface area (Å²) in [6, 6.07) is 2.72. The molecule has 0 spiro atoms. The van der Waals surface area contributed by atoms with Gasteiger partial charge in [-0.2, -0.15) is 36.7 Å². The third-order valence-electron chi connectivity index (χ3n) is 3.40. The summed E-state index contributed by atoms with van der Waals surface area (Å²) in [6.07, 6.45) is -9.52. The normalized spacial score (nSPS) is 12.7. The number of anilines is 1. The van der Waals surface area contributed by atoms with E-state index in [1.807, 2.05) is 0 Å². The van der Waals surface area contributed by atoms with Gasteiger partial charge in [0.1, 0.15) is 11.3 Å². The van der Waals surface area contributed by atoms with Crippen LogP contribution >= 0.6 is 11.8 Å². The number of pyridine rings is 1. The number of benzene rings is 1. The summed E-state index contributed by atoms with van der Waals surface area (Å²) in [4.78, 5) is 4.24. The zero-order chi connectivity index (χ0) is 19.1. The molecule has 0 fully saturated rings. The van der Waals surface area contributed by atoms with E-state index in [2.05, 4.69) is 20.4 Å². The van der Waals surface area contributed by atoms with Crippen molar-refractivity contribution in [2.45, 2.75) is 23.0 Å². The zero-order valence-corrected chi connectivity index (χ0v) is 13.4. The third kappa shape index (κ3) is 3.69. The monoisotopic (exact) mass is 393 g/mol. The zero-order valence-electron chi connectivity index (χ0n) is 12.6. The van der Waals surface area contributed by atoms with Crippen LogP contribution in [0.15, 0.2) is 29.2 Å². The molecule has 26 heavy (non-hydrogen) atoms. The number of hydrogen-bond donors (Lipinski definition) is 2. The SMILES string of the molecule is Nc1cc(SCc2cc(C(F)(F)F)ccc2C(F)(F)F)c2n[nH]nc2n1. The van der Waals surface area contributed by atoms with Gasteiger partial charge < -0.3 is 5.73 Å². The summed E-state index contributed by atoms with van der Waals surface area (Å²) >= 11 is 0.862. The molecule has 138 valence electrons. The number of hydrogen-bond acceptors (Lipinski definition) is 5. The molecule has 0 aliphatic heterocycles. The van der Waals surface area contributed by atoms with Gasteiger partial charge in [0.2, 0.25) is 5.65 Å². The number of nitrogens with two attached hydrogens (primary N) is 1. The quantitative estimate of drug-likeness (QED) is 0.513. The van der Waals surface area contributed by atoms with Crippen molar-refractivity contribution in [1.29, 1.82) is 0 Å². The number of rotatable bonds is 3. The molecule has 0 aliphatic rings. The average molecular weight is 393 g/mol. The van der Waals surface area contributed by atoms with Crippen LogP contribution in [0, 0.1) is 0 Å². The first kappa shape index (κ1) is 18.3. The maximum atomic E-state index is 13.1. The van der Waals surface area contributed by atoms with E-state index in [9.17, 15) is 26.3 Å². The first-order valence-corrected chi connectivity index (χ1v) is 7.91. The maximum Gasteiger partial charge on any atom is 0.416 e. The van der Waals surface area contributed by atoms with Crippen molar-refractivity contribution in [3.8, 4) is 0 Å². The fraction of sp³-hybridized carbons (Fsp3) is 0.214. The Morgan fingerprint density at radius 1 is 1.00 bits per heavy atom. The fourth-order valence-electron chi connectivity index (χ4n) is 2.26. The molecule has 2 aromatic heterocycles. The number of nitrogen functional groups attached to an aromatic ring is 1. The number of thioether (sulfide) groups is 1. The van der Waals surface area contributed by atoms with Crippen molar-refractivity contribution in [3.05, 3.63) is 41.0 Å². The second-order valence-electron chi connectivity index (χ2n) is 5.20. The third-order valence-corrected chi connectivity index (χ3v) is 4.48. The summed E-state index contributed by atoms with van der Waals surface area (Å²) < 4.78 is 77.9. The van der Waals surface area contributed by atoms with Crippen molar-refractivity contribution < 1.29 is 26.3 Å². The van der Waals surface area contributed by atoms with Gasteiger partial charge in [0, 0.05) is 10.6 Å². The van der Waals surface area contributed by atoms with Gasteiger partial charge in [0.05, 0.1) is 11.1 Å². The largest absolute Gasteiger partial charge is 0.416 e. The van der Waals surface area contributed by atoms with Crippen molar-refractivity contribution in [2.75, 3.05) is 5.73 Å². The molecule has 0 unspecified atom stereocenters. The summed E-state index contributed by atoms with van der Waals surface area (Å²) in [6.45, 7) is 0. The average Bonchev–Trinajstić information content (AvgIpc) is 2.98. The van der Waals surface area contributed by atoms with Crippen LogP contribution in [0.3, 0.4) is 0 Å². The van der Waals surface area contributed by atoms with E-state index in [0.29, 0.717) is 23.1 Å². The van der Waals surface area contributed by atoms with Crippen LogP contribution < -0.4 is 5.73 Å². The van der Waals surface area contributed by atoms with E-state index in [4.69, 9.17) is 5.73 Å². The van der Waals surface area contributed by atoms with Gasteiger partial charge in [-0.3, -0.25) is 0 Å². The Kier molecular flexibility index (Phi) is 4.46. The lowest BCUT2D eigenvalue weighted by molar-refractivity contribution is -0.141. The first-order chi connectivity index (χ1) is 12.1. The molecule has 0 aliphatic carbocycles. The molecular weight excluding hydrogens is 384 g/mol. The highest BCUT2D eigenvalue weighted by Crippen LogP contribution is 2.39. The number of H-pyrrole nitrogens is 1. The van der Waals surface area contributed by atoms with E-state index in [-0.39, 0.29) is 22.7 Å². The Balaban J connectivity index is 1.98. The maximum absolute atomic E-state index is 13.1. The first-order valence-electron chi connectivity index (χ1n) is 6.93. The molecule has 0 atom stereocenters. The van der Waals surface area contributed by atoms with Gasteiger partial charge in [-0.05, 0) is 29.8 Å². The van der Waals surface area contributed by atoms with E-state index >= 15 is 0 Å². The Morgan fingerprint density at radius 2 is 1.73 bits per heavy atom. The van der Waals surface area contributed by atoms with Crippen LogP contribution in [0.25, 0.3) is 11.2 Å². The molecule has 12 heteroatoms. The van der Waals surface area contributed by atoms with Crippen LogP contribution in [0.2, 0.25) is 0 Å². The van der Waals surface area contributed by atoms with E-state index in [1.165, 1.54) is 6.07 Å². The van der Waals surface area contributed by atoms with Crippen LogP contribution in [0.5, 0.6) is 0 Å². The van der Waals surface area contributed by atoms with Crippen LogP contribution in [0.4, 0.5) is 32.2 Å². The molecule has 1 aromatic carbocycles. The molecular formula is C14H9F6N5S. The Bertz CT molecular complexity index is 949. The Morgan fingerprint density at radius 3 is 2.38 bits per heavy atom. The van der Waals surface area contributed by atoms with E-state index in [0.717, 1.165) is 11.8 Å². The second-order valence-corrected chi connectivity index (χ2v) is 6.21. The van der Waals surface area contributed by atoms with Crippen molar-refractivity contribution in [3.63, 3.8) is 0 Å². The highest BCUT2D eigenvalue weighted by molar-refractivity contribution is 7.98. The predicted octanol–water partition coefficient (Wildman–Crippen LogP) is 4.27.